The Labute approximate surface area is 102 Å². The van der Waals surface area contributed by atoms with Crippen LogP contribution in [0.4, 0.5) is 0 Å². The van der Waals surface area contributed by atoms with Crippen molar-refractivity contribution in [2.75, 3.05) is 6.54 Å². The highest BCUT2D eigenvalue weighted by Gasteiger charge is 2.12. The summed E-state index contributed by atoms with van der Waals surface area (Å²) in [5.74, 6) is -0.193. The van der Waals surface area contributed by atoms with Gasteiger partial charge in [0.05, 0.1) is 17.1 Å². The van der Waals surface area contributed by atoms with Gasteiger partial charge in [-0.05, 0) is 24.3 Å². The summed E-state index contributed by atoms with van der Waals surface area (Å²) in [6.07, 6.45) is 0. The third kappa shape index (κ3) is 1.89. The number of aromatic nitrogens is 1. The van der Waals surface area contributed by atoms with E-state index in [2.05, 4.69) is 4.98 Å². The number of benzene rings is 1. The Hall–Kier alpha value is -1.16. The number of halogens is 2. The maximum atomic E-state index is 11.5. The molecule has 2 aromatic rings. The number of carbonyl (C=O) groups is 1. The molecule has 1 heterocycles. The lowest BCUT2D eigenvalue weighted by atomic mass is 10.1. The minimum absolute atomic E-state index is 0.0632. The van der Waals surface area contributed by atoms with Crippen molar-refractivity contribution >= 4 is 39.9 Å². The predicted molar refractivity (Wildman–Crippen MR) is 65.1 cm³/mol. The number of hydrogen-bond donors (Lipinski definition) is 1. The third-order valence-corrected chi connectivity index (χ3v) is 2.88. The van der Waals surface area contributed by atoms with Crippen LogP contribution in [0.25, 0.3) is 10.9 Å². The molecule has 1 aromatic carbocycles. The number of pyridine rings is 1. The molecule has 0 saturated carbocycles. The molecule has 0 unspecified atom stereocenters. The number of nitrogens with two attached hydrogens (primary N) is 1. The first kappa shape index (κ1) is 11.3. The topological polar surface area (TPSA) is 56.0 Å². The number of rotatable bonds is 2. The molecule has 2 N–H and O–H groups in total. The first-order valence-electron chi connectivity index (χ1n) is 4.61. The summed E-state index contributed by atoms with van der Waals surface area (Å²) < 4.78 is 0. The van der Waals surface area contributed by atoms with E-state index < -0.39 is 0 Å². The molecule has 0 aliphatic heterocycles. The van der Waals surface area contributed by atoms with E-state index in [1.165, 1.54) is 0 Å². The van der Waals surface area contributed by atoms with Crippen LogP contribution in [0, 0.1) is 0 Å². The maximum absolute atomic E-state index is 11.5. The van der Waals surface area contributed by atoms with Crippen molar-refractivity contribution < 1.29 is 4.79 Å². The van der Waals surface area contributed by atoms with E-state index in [4.69, 9.17) is 28.9 Å². The molecule has 1 aromatic heterocycles. The highest BCUT2D eigenvalue weighted by Crippen LogP contribution is 2.27. The van der Waals surface area contributed by atoms with Crippen LogP contribution in [0.3, 0.4) is 0 Å². The molecule has 0 aliphatic rings. The number of hydrogen-bond acceptors (Lipinski definition) is 3. The van der Waals surface area contributed by atoms with Crippen molar-refractivity contribution in [1.82, 2.24) is 4.98 Å². The second kappa shape index (κ2) is 4.37. The molecule has 0 radical (unpaired) electrons. The fraction of sp³-hybridized carbons (Fsp3) is 0.0909. The van der Waals surface area contributed by atoms with Crippen LogP contribution >= 0.6 is 23.2 Å². The van der Waals surface area contributed by atoms with Gasteiger partial charge in [0.15, 0.2) is 5.78 Å². The van der Waals surface area contributed by atoms with E-state index in [-0.39, 0.29) is 12.3 Å². The van der Waals surface area contributed by atoms with Crippen molar-refractivity contribution in [3.8, 4) is 0 Å². The Kier molecular flexibility index (Phi) is 3.10. The quantitative estimate of drug-likeness (QED) is 0.663. The van der Waals surface area contributed by atoms with Gasteiger partial charge >= 0.3 is 0 Å². The fourth-order valence-electron chi connectivity index (χ4n) is 1.47. The largest absolute Gasteiger partial charge is 0.324 e. The molecule has 3 nitrogen and oxygen atoms in total. The zero-order valence-electron chi connectivity index (χ0n) is 8.21. The fourth-order valence-corrected chi connectivity index (χ4v) is 1.95. The van der Waals surface area contributed by atoms with E-state index in [1.54, 1.807) is 24.3 Å². The number of ketones is 1. The van der Waals surface area contributed by atoms with Crippen LogP contribution < -0.4 is 5.73 Å². The van der Waals surface area contributed by atoms with Crippen LogP contribution in [-0.4, -0.2) is 17.3 Å². The maximum Gasteiger partial charge on any atom is 0.177 e. The second-order valence-corrected chi connectivity index (χ2v) is 4.02. The summed E-state index contributed by atoms with van der Waals surface area (Å²) in [7, 11) is 0. The predicted octanol–water partition coefficient (Wildman–Crippen LogP) is 2.68. The molecule has 0 spiro atoms. The molecule has 5 heteroatoms. The van der Waals surface area contributed by atoms with Crippen LogP contribution in [0.1, 0.15) is 10.4 Å². The molecule has 0 amide bonds. The molecule has 0 saturated heterocycles. The van der Waals surface area contributed by atoms with E-state index in [9.17, 15) is 4.79 Å². The van der Waals surface area contributed by atoms with E-state index in [1.807, 2.05) is 0 Å². The third-order valence-electron chi connectivity index (χ3n) is 2.26. The Balaban J connectivity index is 2.70. The minimum Gasteiger partial charge on any atom is -0.324 e. The lowest BCUT2D eigenvalue weighted by Crippen LogP contribution is -2.14. The standard InChI is InChI=1S/C11H8Cl2N2O/c12-10-4-2-6-8(15-10)3-1-7(11(6)13)9(16)5-14/h1-4H,5,14H2. The molecular weight excluding hydrogens is 247 g/mol. The van der Waals surface area contributed by atoms with Gasteiger partial charge < -0.3 is 5.73 Å². The molecule has 2 rings (SSSR count). The summed E-state index contributed by atoms with van der Waals surface area (Å²) in [4.78, 5) is 15.6. The van der Waals surface area contributed by atoms with Crippen molar-refractivity contribution in [3.63, 3.8) is 0 Å². The van der Waals surface area contributed by atoms with Gasteiger partial charge in [0, 0.05) is 10.9 Å². The normalized spacial score (nSPS) is 10.7. The summed E-state index contributed by atoms with van der Waals surface area (Å²) in [5, 5.41) is 1.46. The summed E-state index contributed by atoms with van der Waals surface area (Å²) in [6.45, 7) is -0.0632. The SMILES string of the molecule is NCC(=O)c1ccc2nc(Cl)ccc2c1Cl. The lowest BCUT2D eigenvalue weighted by molar-refractivity contribution is 0.100. The van der Waals surface area contributed by atoms with Gasteiger partial charge in [-0.2, -0.15) is 0 Å². The van der Waals surface area contributed by atoms with E-state index >= 15 is 0 Å². The van der Waals surface area contributed by atoms with Gasteiger partial charge in [-0.15, -0.1) is 0 Å². The van der Waals surface area contributed by atoms with Gasteiger partial charge in [-0.25, -0.2) is 4.98 Å². The zero-order valence-corrected chi connectivity index (χ0v) is 9.72. The van der Waals surface area contributed by atoms with Gasteiger partial charge in [0.25, 0.3) is 0 Å². The van der Waals surface area contributed by atoms with Gasteiger partial charge in [0.1, 0.15) is 5.15 Å². The molecular formula is C11H8Cl2N2O. The van der Waals surface area contributed by atoms with Crippen LogP contribution in [0.15, 0.2) is 24.3 Å². The number of nitrogens with zero attached hydrogens (tertiary/aromatic N) is 1. The summed E-state index contributed by atoms with van der Waals surface area (Å²) in [5.41, 5.74) is 6.37. The Morgan fingerprint density at radius 3 is 2.69 bits per heavy atom. The highest BCUT2D eigenvalue weighted by molar-refractivity contribution is 6.39. The van der Waals surface area contributed by atoms with Crippen LogP contribution in [0.5, 0.6) is 0 Å². The number of Topliss-reactive ketones (excluding diaryl/α,β-unsaturated/α-hetero) is 1. The monoisotopic (exact) mass is 254 g/mol. The number of fused-ring (bicyclic) bond motifs is 1. The van der Waals surface area contributed by atoms with E-state index in [0.717, 1.165) is 0 Å². The molecule has 82 valence electrons. The summed E-state index contributed by atoms with van der Waals surface area (Å²) in [6, 6.07) is 6.69. The van der Waals surface area contributed by atoms with Crippen LogP contribution in [-0.2, 0) is 0 Å². The Bertz CT molecular complexity index is 569. The van der Waals surface area contributed by atoms with Gasteiger partial charge in [-0.1, -0.05) is 23.2 Å². The Morgan fingerprint density at radius 1 is 1.25 bits per heavy atom. The zero-order chi connectivity index (χ0) is 11.7. The molecule has 0 atom stereocenters. The average molecular weight is 255 g/mol. The first-order chi connectivity index (χ1) is 7.63. The number of carbonyl (C=O) groups excluding carboxylic acids is 1. The summed E-state index contributed by atoms with van der Waals surface area (Å²) >= 11 is 11.9. The molecule has 16 heavy (non-hydrogen) atoms. The van der Waals surface area contributed by atoms with Gasteiger partial charge in [-0.3, -0.25) is 4.79 Å². The first-order valence-corrected chi connectivity index (χ1v) is 5.37. The average Bonchev–Trinajstić information content (AvgIpc) is 2.28. The van der Waals surface area contributed by atoms with Crippen molar-refractivity contribution in [2.45, 2.75) is 0 Å². The highest BCUT2D eigenvalue weighted by atomic mass is 35.5. The van der Waals surface area contributed by atoms with Crippen molar-refractivity contribution in [1.29, 1.82) is 0 Å². The molecule has 0 bridgehead atoms. The minimum atomic E-state index is -0.193. The lowest BCUT2D eigenvalue weighted by Gasteiger charge is -2.05. The van der Waals surface area contributed by atoms with Crippen molar-refractivity contribution in [3.05, 3.63) is 40.0 Å². The van der Waals surface area contributed by atoms with Gasteiger partial charge in [0.2, 0.25) is 0 Å². The Morgan fingerprint density at radius 2 is 2.00 bits per heavy atom. The van der Waals surface area contributed by atoms with E-state index in [0.29, 0.717) is 26.6 Å². The smallest absolute Gasteiger partial charge is 0.177 e. The van der Waals surface area contributed by atoms with Crippen LogP contribution in [0.2, 0.25) is 10.2 Å². The molecule has 0 aliphatic carbocycles. The van der Waals surface area contributed by atoms with Crippen molar-refractivity contribution in [2.24, 2.45) is 5.73 Å². The second-order valence-electron chi connectivity index (χ2n) is 3.26. The molecule has 0 fully saturated rings.